The number of hydrogen-bond acceptors (Lipinski definition) is 11. The summed E-state index contributed by atoms with van der Waals surface area (Å²) in [7, 11) is 1.46. The van der Waals surface area contributed by atoms with E-state index in [1.165, 1.54) is 25.3 Å². The van der Waals surface area contributed by atoms with E-state index in [0.717, 1.165) is 0 Å². The second kappa shape index (κ2) is 10.5. The maximum atomic E-state index is 16.1. The third kappa shape index (κ3) is 4.88. The first kappa shape index (κ1) is 25.9. The number of nitrogen functional groups attached to an aromatic ring is 1. The molecule has 11 nitrogen and oxygen atoms in total. The van der Waals surface area contributed by atoms with Crippen molar-refractivity contribution in [1.29, 1.82) is 0 Å². The molecule has 1 fully saturated rings. The van der Waals surface area contributed by atoms with Gasteiger partial charge in [0.2, 0.25) is 11.8 Å². The lowest BCUT2D eigenvalue weighted by Crippen LogP contribution is -2.38. The Kier molecular flexibility index (Phi) is 7.17. The number of aliphatic hydroxyl groups excluding tert-OH is 2. The van der Waals surface area contributed by atoms with Crippen LogP contribution < -0.4 is 16.0 Å². The van der Waals surface area contributed by atoms with Crippen LogP contribution in [0.3, 0.4) is 0 Å². The van der Waals surface area contributed by atoms with Crippen molar-refractivity contribution in [1.82, 2.24) is 20.4 Å². The number of ether oxygens (including phenoxy) is 2. The van der Waals surface area contributed by atoms with Gasteiger partial charge in [-0.05, 0) is 30.7 Å². The molecular formula is C25H26F2N6O5. The Balaban J connectivity index is 1.54. The number of aliphatic hydroxyl groups is 2. The number of nitrogens with two attached hydrogens (primary N) is 1. The van der Waals surface area contributed by atoms with Gasteiger partial charge in [-0.15, -0.1) is 0 Å². The largest absolute Gasteiger partial charge is 0.481 e. The molecule has 2 aliphatic heterocycles. The number of aryl methyl sites for hydroxylation is 1. The number of nitrogens with zero attached hydrogens (tertiary/aromatic N) is 4. The van der Waals surface area contributed by atoms with Crippen LogP contribution in [0.4, 0.5) is 14.7 Å². The molecule has 5 N–H and O–H groups in total. The summed E-state index contributed by atoms with van der Waals surface area (Å²) in [4.78, 5) is 22.7. The molecule has 4 heterocycles. The number of halogens is 2. The van der Waals surface area contributed by atoms with Crippen LogP contribution in [-0.2, 0) is 9.57 Å². The zero-order chi connectivity index (χ0) is 27.0. The van der Waals surface area contributed by atoms with Gasteiger partial charge in [-0.1, -0.05) is 12.1 Å². The lowest BCUT2D eigenvalue weighted by molar-refractivity contribution is -0.0458. The highest BCUT2D eigenvalue weighted by Gasteiger charge is 2.38. The van der Waals surface area contributed by atoms with Gasteiger partial charge in [0, 0.05) is 11.6 Å². The van der Waals surface area contributed by atoms with Crippen molar-refractivity contribution >= 4 is 11.8 Å². The molecule has 1 saturated heterocycles. The van der Waals surface area contributed by atoms with E-state index >= 15 is 4.39 Å². The molecule has 5 atom stereocenters. The SMILES string of the molecule is COc1cccc(-c2cc(F)ccc2[C@@H]2N=C(NOCC3OCC(O)C3O)c3c(C)nc(N)nc3C2F)n1. The zero-order valence-corrected chi connectivity index (χ0v) is 20.5. The number of anilines is 1. The number of rotatable bonds is 6. The predicted octanol–water partition coefficient (Wildman–Crippen LogP) is 1.73. The number of aromatic nitrogens is 3. The Labute approximate surface area is 216 Å². The van der Waals surface area contributed by atoms with Crippen LogP contribution >= 0.6 is 0 Å². The van der Waals surface area contributed by atoms with Gasteiger partial charge in [0.15, 0.2) is 12.0 Å². The number of methoxy groups -OCH3 is 1. The van der Waals surface area contributed by atoms with Crippen LogP contribution in [-0.4, -0.2) is 69.6 Å². The minimum atomic E-state index is -1.76. The molecule has 1 aromatic carbocycles. The first-order chi connectivity index (χ1) is 18.3. The molecular weight excluding hydrogens is 502 g/mol. The molecule has 0 spiro atoms. The molecule has 4 unspecified atom stereocenters. The highest BCUT2D eigenvalue weighted by atomic mass is 19.1. The highest BCUT2D eigenvalue weighted by molar-refractivity contribution is 6.01. The van der Waals surface area contributed by atoms with Crippen LogP contribution in [0.2, 0.25) is 0 Å². The smallest absolute Gasteiger partial charge is 0.220 e. The zero-order valence-electron chi connectivity index (χ0n) is 20.5. The molecule has 200 valence electrons. The molecule has 0 bridgehead atoms. The molecule has 2 aliphatic rings. The summed E-state index contributed by atoms with van der Waals surface area (Å²) in [5.41, 5.74) is 10.2. The van der Waals surface area contributed by atoms with Gasteiger partial charge in [0.25, 0.3) is 0 Å². The Bertz CT molecular complexity index is 1380. The van der Waals surface area contributed by atoms with Gasteiger partial charge in [-0.25, -0.2) is 29.2 Å². The number of hydrogen-bond donors (Lipinski definition) is 4. The van der Waals surface area contributed by atoms with E-state index in [9.17, 15) is 14.6 Å². The fourth-order valence-electron chi connectivity index (χ4n) is 4.53. The van der Waals surface area contributed by atoms with Gasteiger partial charge in [0.1, 0.15) is 36.8 Å². The molecule has 13 heteroatoms. The quantitative estimate of drug-likeness (QED) is 0.347. The van der Waals surface area contributed by atoms with E-state index in [1.807, 2.05) is 0 Å². The van der Waals surface area contributed by atoms with Crippen molar-refractivity contribution in [2.45, 2.75) is 37.4 Å². The summed E-state index contributed by atoms with van der Waals surface area (Å²) in [6, 6.07) is 7.71. The fourth-order valence-corrected chi connectivity index (χ4v) is 4.53. The molecule has 3 aromatic rings. The number of hydroxylamine groups is 1. The standard InChI is InChI=1S/C25H26F2N6O5/c1-11-19-22(32-25(28)29-11)20(27)21(31-24(19)33-38-10-17-23(35)16(34)9-37-17)13-7-6-12(26)8-14(13)15-4-3-5-18(30-15)36-2/h3-8,16-17,20-21,23,34-35H,9-10H2,1-2H3,(H,31,33)(H2,28,29,32)/t16?,17?,20?,21-,23?/m0/s1. The van der Waals surface area contributed by atoms with Crippen LogP contribution in [0.5, 0.6) is 5.88 Å². The molecule has 0 saturated carbocycles. The monoisotopic (exact) mass is 528 g/mol. The Morgan fingerprint density at radius 3 is 2.74 bits per heavy atom. The van der Waals surface area contributed by atoms with Crippen molar-refractivity contribution in [2.24, 2.45) is 4.99 Å². The molecule has 5 rings (SSSR count). The summed E-state index contributed by atoms with van der Waals surface area (Å²) in [5.74, 6) is -0.237. The van der Waals surface area contributed by atoms with Gasteiger partial charge in [-0.3, -0.25) is 9.83 Å². The second-order valence-electron chi connectivity index (χ2n) is 8.89. The molecule has 0 amide bonds. The van der Waals surface area contributed by atoms with Crippen LogP contribution in [0.15, 0.2) is 41.4 Å². The predicted molar refractivity (Wildman–Crippen MR) is 131 cm³/mol. The van der Waals surface area contributed by atoms with Gasteiger partial charge >= 0.3 is 0 Å². The third-order valence-electron chi connectivity index (χ3n) is 6.39. The average molecular weight is 529 g/mol. The van der Waals surface area contributed by atoms with E-state index < -0.39 is 36.3 Å². The van der Waals surface area contributed by atoms with Gasteiger partial charge < -0.3 is 25.4 Å². The summed E-state index contributed by atoms with van der Waals surface area (Å²) in [5, 5.41) is 19.7. The molecule has 0 radical (unpaired) electrons. The van der Waals surface area contributed by atoms with E-state index in [0.29, 0.717) is 28.4 Å². The molecule has 0 aliphatic carbocycles. The first-order valence-corrected chi connectivity index (χ1v) is 11.8. The van der Waals surface area contributed by atoms with Crippen LogP contribution in [0.1, 0.15) is 34.7 Å². The van der Waals surface area contributed by atoms with E-state index in [4.69, 9.17) is 20.0 Å². The maximum absolute atomic E-state index is 16.1. The Morgan fingerprint density at radius 1 is 1.18 bits per heavy atom. The van der Waals surface area contributed by atoms with Gasteiger partial charge in [-0.2, -0.15) is 0 Å². The number of nitrogens with one attached hydrogen (secondary N) is 1. The van der Waals surface area contributed by atoms with E-state index in [1.54, 1.807) is 25.1 Å². The Morgan fingerprint density at radius 2 is 2.00 bits per heavy atom. The number of alkyl halides is 1. The van der Waals surface area contributed by atoms with E-state index in [-0.39, 0.29) is 36.3 Å². The number of fused-ring (bicyclic) bond motifs is 1. The van der Waals surface area contributed by atoms with Crippen molar-refractivity contribution in [3.63, 3.8) is 0 Å². The van der Waals surface area contributed by atoms with Gasteiger partial charge in [0.05, 0.1) is 36.4 Å². The number of pyridine rings is 1. The fraction of sp³-hybridized carbons (Fsp3) is 0.360. The minimum Gasteiger partial charge on any atom is -0.481 e. The number of amidine groups is 1. The van der Waals surface area contributed by atoms with Crippen LogP contribution in [0.25, 0.3) is 11.3 Å². The summed E-state index contributed by atoms with van der Waals surface area (Å²) in [6.45, 7) is 1.47. The Hall–Kier alpha value is -3.78. The topological polar surface area (TPSA) is 157 Å². The lowest BCUT2D eigenvalue weighted by Gasteiger charge is -2.29. The summed E-state index contributed by atoms with van der Waals surface area (Å²) >= 11 is 0. The summed E-state index contributed by atoms with van der Waals surface area (Å²) in [6.07, 6.45) is -4.68. The third-order valence-corrected chi connectivity index (χ3v) is 6.39. The maximum Gasteiger partial charge on any atom is 0.220 e. The lowest BCUT2D eigenvalue weighted by atomic mass is 9.90. The highest BCUT2D eigenvalue weighted by Crippen LogP contribution is 2.44. The second-order valence-corrected chi connectivity index (χ2v) is 8.89. The molecule has 2 aromatic heterocycles. The average Bonchev–Trinajstić information content (AvgIpc) is 3.22. The number of benzene rings is 1. The minimum absolute atomic E-state index is 0.0115. The van der Waals surface area contributed by atoms with E-state index in [2.05, 4.69) is 25.4 Å². The van der Waals surface area contributed by atoms with Crippen molar-refractivity contribution in [3.8, 4) is 17.1 Å². The summed E-state index contributed by atoms with van der Waals surface area (Å²) < 4.78 is 41.0. The normalized spacial score (nSPS) is 24.6. The van der Waals surface area contributed by atoms with Crippen LogP contribution in [0, 0.1) is 12.7 Å². The van der Waals surface area contributed by atoms with Crippen molar-refractivity contribution < 1.29 is 33.3 Å². The van der Waals surface area contributed by atoms with Crippen molar-refractivity contribution in [3.05, 3.63) is 64.7 Å². The van der Waals surface area contributed by atoms with Crippen molar-refractivity contribution in [2.75, 3.05) is 26.1 Å². The first-order valence-electron chi connectivity index (χ1n) is 11.8. The number of aliphatic imine (C=N–C) groups is 1. The molecule has 38 heavy (non-hydrogen) atoms.